The summed E-state index contributed by atoms with van der Waals surface area (Å²) in [6.07, 6.45) is 6.46. The lowest BCUT2D eigenvalue weighted by molar-refractivity contribution is -0.123. The van der Waals surface area contributed by atoms with E-state index in [4.69, 9.17) is 15.6 Å². The first-order valence-corrected chi connectivity index (χ1v) is 7.91. The van der Waals surface area contributed by atoms with Gasteiger partial charge in [-0.25, -0.2) is 4.79 Å². The zero-order valence-corrected chi connectivity index (χ0v) is 14.1. The molecule has 0 aliphatic carbocycles. The molecule has 3 amide bonds. The molecule has 2 heterocycles. The van der Waals surface area contributed by atoms with E-state index in [1.165, 1.54) is 24.5 Å². The Balaban J connectivity index is 1.71. The first kappa shape index (κ1) is 17.9. The van der Waals surface area contributed by atoms with Crippen molar-refractivity contribution in [2.75, 3.05) is 13.2 Å². The number of nitrogens with one attached hydrogen (secondary N) is 1. The normalized spacial score (nSPS) is 12.5. The summed E-state index contributed by atoms with van der Waals surface area (Å²) in [5.74, 6) is 0.339. The van der Waals surface area contributed by atoms with E-state index in [9.17, 15) is 19.2 Å². The number of amides is 3. The van der Waals surface area contributed by atoms with Gasteiger partial charge in [0.1, 0.15) is 5.76 Å². The Morgan fingerprint density at radius 1 is 1.19 bits per heavy atom. The number of fused-ring (bicyclic) bond motifs is 1. The first-order valence-electron chi connectivity index (χ1n) is 7.91. The number of terminal acetylenes is 1. The molecule has 0 saturated heterocycles. The molecule has 0 atom stereocenters. The van der Waals surface area contributed by atoms with Crippen molar-refractivity contribution in [2.45, 2.75) is 6.54 Å². The molecular weight excluding hydrogens is 352 g/mol. The van der Waals surface area contributed by atoms with Crippen LogP contribution in [0.25, 0.3) is 0 Å². The van der Waals surface area contributed by atoms with Gasteiger partial charge in [-0.2, -0.15) is 0 Å². The van der Waals surface area contributed by atoms with Gasteiger partial charge in [0.15, 0.2) is 6.61 Å². The van der Waals surface area contributed by atoms with Gasteiger partial charge in [0.05, 0.1) is 36.0 Å². The standard InChI is InChI=1S/C19H14N2O6/c1-2-7-20-16(22)11-27-19(25)12-5-6-14-15(9-12)18(24)21(17(14)23)10-13-4-3-8-26-13/h1,3-6,8-9H,7,10-11H2,(H,20,22). The number of rotatable bonds is 6. The van der Waals surface area contributed by atoms with Gasteiger partial charge in [0, 0.05) is 0 Å². The molecule has 136 valence electrons. The van der Waals surface area contributed by atoms with Gasteiger partial charge in [-0.1, -0.05) is 5.92 Å². The predicted molar refractivity (Wildman–Crippen MR) is 91.5 cm³/mol. The van der Waals surface area contributed by atoms with Crippen LogP contribution in [0.5, 0.6) is 0 Å². The summed E-state index contributed by atoms with van der Waals surface area (Å²) in [4.78, 5) is 49.5. The highest BCUT2D eigenvalue weighted by Gasteiger charge is 2.36. The van der Waals surface area contributed by atoms with Gasteiger partial charge in [0.25, 0.3) is 17.7 Å². The van der Waals surface area contributed by atoms with Crippen molar-refractivity contribution in [2.24, 2.45) is 0 Å². The SMILES string of the molecule is C#CCNC(=O)COC(=O)c1ccc2c(c1)C(=O)N(Cc1ccco1)C2=O. The fourth-order valence-corrected chi connectivity index (χ4v) is 2.53. The average molecular weight is 366 g/mol. The summed E-state index contributed by atoms with van der Waals surface area (Å²) in [6.45, 7) is -0.485. The van der Waals surface area contributed by atoms with Crippen LogP contribution in [-0.2, 0) is 16.1 Å². The van der Waals surface area contributed by atoms with E-state index in [2.05, 4.69) is 11.2 Å². The first-order chi connectivity index (χ1) is 13.0. The number of imide groups is 1. The molecule has 3 rings (SSSR count). The summed E-state index contributed by atoms with van der Waals surface area (Å²) in [7, 11) is 0. The van der Waals surface area contributed by atoms with Crippen molar-refractivity contribution in [3.05, 3.63) is 59.0 Å². The molecule has 1 aliphatic heterocycles. The van der Waals surface area contributed by atoms with Crippen LogP contribution in [0.15, 0.2) is 41.0 Å². The molecule has 8 nitrogen and oxygen atoms in total. The Hall–Kier alpha value is -3.86. The fourth-order valence-electron chi connectivity index (χ4n) is 2.53. The number of carbonyl (C=O) groups excluding carboxylic acids is 4. The van der Waals surface area contributed by atoms with Crippen LogP contribution < -0.4 is 5.32 Å². The van der Waals surface area contributed by atoms with E-state index in [0.29, 0.717) is 5.76 Å². The zero-order chi connectivity index (χ0) is 19.4. The minimum Gasteiger partial charge on any atom is -0.467 e. The molecule has 0 saturated carbocycles. The number of furan rings is 1. The summed E-state index contributed by atoms with van der Waals surface area (Å²) in [5, 5.41) is 2.35. The maximum absolute atomic E-state index is 12.5. The van der Waals surface area contributed by atoms with Crippen LogP contribution in [0.3, 0.4) is 0 Å². The maximum Gasteiger partial charge on any atom is 0.338 e. The number of esters is 1. The van der Waals surface area contributed by atoms with Crippen molar-refractivity contribution < 1.29 is 28.3 Å². The van der Waals surface area contributed by atoms with Crippen LogP contribution in [0.4, 0.5) is 0 Å². The Morgan fingerprint density at radius 2 is 1.96 bits per heavy atom. The van der Waals surface area contributed by atoms with Crippen molar-refractivity contribution in [1.82, 2.24) is 10.2 Å². The van der Waals surface area contributed by atoms with E-state index in [1.807, 2.05) is 0 Å². The summed E-state index contributed by atoms with van der Waals surface area (Å²) < 4.78 is 10.0. The molecule has 1 N–H and O–H groups in total. The highest BCUT2D eigenvalue weighted by atomic mass is 16.5. The molecule has 0 spiro atoms. The fraction of sp³-hybridized carbons (Fsp3) is 0.158. The lowest BCUT2D eigenvalue weighted by Crippen LogP contribution is -2.29. The average Bonchev–Trinajstić information content (AvgIpc) is 3.27. The molecule has 1 aromatic heterocycles. The van der Waals surface area contributed by atoms with E-state index >= 15 is 0 Å². The molecule has 2 aromatic rings. The minimum absolute atomic E-state index is 0.00548. The second-order valence-corrected chi connectivity index (χ2v) is 5.59. The van der Waals surface area contributed by atoms with Crippen LogP contribution in [0, 0.1) is 12.3 Å². The highest BCUT2D eigenvalue weighted by Crippen LogP contribution is 2.26. The van der Waals surface area contributed by atoms with Gasteiger partial charge >= 0.3 is 5.97 Å². The van der Waals surface area contributed by atoms with Crippen LogP contribution in [0.2, 0.25) is 0 Å². The number of carbonyl (C=O) groups is 4. The molecule has 0 unspecified atom stereocenters. The smallest absolute Gasteiger partial charge is 0.338 e. The summed E-state index contributed by atoms with van der Waals surface area (Å²) in [5.41, 5.74) is 0.340. The summed E-state index contributed by atoms with van der Waals surface area (Å²) >= 11 is 0. The van der Waals surface area contributed by atoms with Gasteiger partial charge in [-0.15, -0.1) is 6.42 Å². The second kappa shape index (κ2) is 7.58. The Labute approximate surface area is 154 Å². The Morgan fingerprint density at radius 3 is 2.67 bits per heavy atom. The molecule has 1 aliphatic rings. The van der Waals surface area contributed by atoms with Gasteiger partial charge in [-0.3, -0.25) is 19.3 Å². The summed E-state index contributed by atoms with van der Waals surface area (Å²) in [6, 6.07) is 7.33. The minimum atomic E-state index is -0.793. The molecule has 0 fully saturated rings. The maximum atomic E-state index is 12.5. The molecule has 0 radical (unpaired) electrons. The van der Waals surface area contributed by atoms with Gasteiger partial charge < -0.3 is 14.5 Å². The number of benzene rings is 1. The number of ether oxygens (including phenoxy) is 1. The van der Waals surface area contributed by atoms with Crippen LogP contribution in [-0.4, -0.2) is 41.7 Å². The number of nitrogens with zero attached hydrogens (tertiary/aromatic N) is 1. The van der Waals surface area contributed by atoms with Crippen molar-refractivity contribution in [3.63, 3.8) is 0 Å². The molecular formula is C19H14N2O6. The monoisotopic (exact) mass is 366 g/mol. The lowest BCUT2D eigenvalue weighted by Gasteiger charge is -2.11. The second-order valence-electron chi connectivity index (χ2n) is 5.59. The predicted octanol–water partition coefficient (Wildman–Crippen LogP) is 0.982. The van der Waals surface area contributed by atoms with Crippen molar-refractivity contribution >= 4 is 23.7 Å². The third kappa shape index (κ3) is 3.72. The van der Waals surface area contributed by atoms with E-state index in [-0.39, 0.29) is 29.8 Å². The highest BCUT2D eigenvalue weighted by molar-refractivity contribution is 6.21. The molecule has 27 heavy (non-hydrogen) atoms. The largest absolute Gasteiger partial charge is 0.467 e. The van der Waals surface area contributed by atoms with Gasteiger partial charge in [0.2, 0.25) is 0 Å². The Kier molecular flexibility index (Phi) is 5.04. The molecule has 8 heteroatoms. The quantitative estimate of drug-likeness (QED) is 0.464. The third-order valence-corrected chi connectivity index (χ3v) is 3.82. The van der Waals surface area contributed by atoms with Gasteiger partial charge in [-0.05, 0) is 30.3 Å². The van der Waals surface area contributed by atoms with Crippen molar-refractivity contribution in [1.29, 1.82) is 0 Å². The number of hydrogen-bond acceptors (Lipinski definition) is 6. The lowest BCUT2D eigenvalue weighted by atomic mass is 10.1. The zero-order valence-electron chi connectivity index (χ0n) is 14.1. The van der Waals surface area contributed by atoms with E-state index < -0.39 is 30.3 Å². The molecule has 1 aromatic carbocycles. The van der Waals surface area contributed by atoms with Crippen molar-refractivity contribution in [3.8, 4) is 12.3 Å². The van der Waals surface area contributed by atoms with E-state index in [1.54, 1.807) is 12.1 Å². The number of hydrogen-bond donors (Lipinski definition) is 1. The Bertz CT molecular complexity index is 955. The topological polar surface area (TPSA) is 106 Å². The van der Waals surface area contributed by atoms with E-state index in [0.717, 1.165) is 4.90 Å². The van der Waals surface area contributed by atoms with Crippen LogP contribution >= 0.6 is 0 Å². The third-order valence-electron chi connectivity index (χ3n) is 3.82. The molecule has 0 bridgehead atoms. The van der Waals surface area contributed by atoms with Crippen LogP contribution in [0.1, 0.15) is 36.8 Å².